The Morgan fingerprint density at radius 1 is 1.04 bits per heavy atom. The monoisotopic (exact) mass is 482 g/mol. The number of aliphatic imine (C=N–C) groups is 1. The van der Waals surface area contributed by atoms with Crippen molar-refractivity contribution in [2.45, 2.75) is 34.1 Å². The number of rotatable bonds is 9. The van der Waals surface area contributed by atoms with Crippen molar-refractivity contribution in [1.82, 2.24) is 15.4 Å². The summed E-state index contributed by atoms with van der Waals surface area (Å²) in [6.45, 7) is 10.1. The molecule has 0 aromatic heterocycles. The molecule has 1 rings (SSSR count). The van der Waals surface area contributed by atoms with Gasteiger partial charge in [-0.3, -0.25) is 4.99 Å². The summed E-state index contributed by atoms with van der Waals surface area (Å²) in [5.74, 6) is 0.794. The van der Waals surface area contributed by atoms with E-state index in [1.807, 2.05) is 6.92 Å². The molecule has 0 heterocycles. The molecule has 0 saturated heterocycles. The molecule has 0 spiro atoms. The van der Waals surface area contributed by atoms with Crippen molar-refractivity contribution in [3.8, 4) is 0 Å². The highest BCUT2D eigenvalue weighted by atomic mass is 127. The number of guanidine groups is 1. The van der Waals surface area contributed by atoms with Crippen LogP contribution in [0.2, 0.25) is 0 Å². The minimum atomic E-state index is -3.15. The van der Waals surface area contributed by atoms with Crippen LogP contribution in [0, 0.1) is 13.8 Å². The molecule has 0 amide bonds. The number of halogens is 1. The van der Waals surface area contributed by atoms with Crippen LogP contribution in [0.3, 0.4) is 0 Å². The minimum absolute atomic E-state index is 0. The Kier molecular flexibility index (Phi) is 12.0. The van der Waals surface area contributed by atoms with Crippen molar-refractivity contribution < 1.29 is 8.42 Å². The zero-order valence-corrected chi connectivity index (χ0v) is 18.7. The van der Waals surface area contributed by atoms with Gasteiger partial charge in [-0.25, -0.2) is 13.1 Å². The van der Waals surface area contributed by atoms with Gasteiger partial charge in [-0.05, 0) is 39.7 Å². The van der Waals surface area contributed by atoms with E-state index in [9.17, 15) is 8.42 Å². The number of nitrogens with one attached hydrogen (secondary N) is 3. The molecule has 0 bridgehead atoms. The molecular formula is C17H31IN4O2S. The van der Waals surface area contributed by atoms with E-state index in [0.29, 0.717) is 19.0 Å². The smallest absolute Gasteiger partial charge is 0.211 e. The van der Waals surface area contributed by atoms with Gasteiger partial charge < -0.3 is 10.6 Å². The predicted octanol–water partition coefficient (Wildman–Crippen LogP) is 1.96. The Bertz CT molecular complexity index is 628. The average molecular weight is 482 g/mol. The lowest BCUT2D eigenvalue weighted by molar-refractivity contribution is 0.583. The van der Waals surface area contributed by atoms with E-state index in [4.69, 9.17) is 0 Å². The highest BCUT2D eigenvalue weighted by molar-refractivity contribution is 14.0. The van der Waals surface area contributed by atoms with E-state index in [0.717, 1.165) is 19.5 Å². The van der Waals surface area contributed by atoms with Crippen LogP contribution in [-0.4, -0.2) is 46.3 Å². The van der Waals surface area contributed by atoms with E-state index in [1.54, 1.807) is 6.92 Å². The molecule has 1 aromatic rings. The van der Waals surface area contributed by atoms with Gasteiger partial charge in [0.1, 0.15) is 0 Å². The summed E-state index contributed by atoms with van der Waals surface area (Å²) in [6, 6.07) is 6.55. The lowest BCUT2D eigenvalue weighted by Gasteiger charge is -2.12. The molecule has 0 fully saturated rings. The van der Waals surface area contributed by atoms with Crippen molar-refractivity contribution in [3.63, 3.8) is 0 Å². The maximum atomic E-state index is 11.4. The lowest BCUT2D eigenvalue weighted by Crippen LogP contribution is -2.39. The quantitative estimate of drug-likeness (QED) is 0.218. The third-order valence-electron chi connectivity index (χ3n) is 3.42. The number of nitrogens with zero attached hydrogens (tertiary/aromatic N) is 1. The Morgan fingerprint density at radius 2 is 1.68 bits per heavy atom. The van der Waals surface area contributed by atoms with E-state index in [1.165, 1.54) is 16.7 Å². The Hall–Kier alpha value is -0.870. The molecule has 3 N–H and O–H groups in total. The molecule has 144 valence electrons. The topological polar surface area (TPSA) is 82.6 Å². The minimum Gasteiger partial charge on any atom is -0.357 e. The molecule has 0 saturated carbocycles. The number of aryl methyl sites for hydroxylation is 2. The van der Waals surface area contributed by atoms with Gasteiger partial charge >= 0.3 is 0 Å². The van der Waals surface area contributed by atoms with Crippen LogP contribution in [-0.2, 0) is 16.4 Å². The number of hydrogen-bond donors (Lipinski definition) is 3. The highest BCUT2D eigenvalue weighted by Crippen LogP contribution is 2.08. The molecule has 0 aliphatic rings. The normalized spacial score (nSPS) is 11.8. The zero-order chi connectivity index (χ0) is 18.0. The lowest BCUT2D eigenvalue weighted by atomic mass is 10.1. The first-order valence-electron chi connectivity index (χ1n) is 8.43. The number of sulfonamides is 1. The summed E-state index contributed by atoms with van der Waals surface area (Å²) in [4.78, 5) is 4.38. The van der Waals surface area contributed by atoms with Crippen LogP contribution in [0.15, 0.2) is 23.2 Å². The fraction of sp³-hybridized carbons (Fsp3) is 0.588. The maximum Gasteiger partial charge on any atom is 0.211 e. The van der Waals surface area contributed by atoms with Gasteiger partial charge in [0.25, 0.3) is 0 Å². The summed E-state index contributed by atoms with van der Waals surface area (Å²) >= 11 is 0. The van der Waals surface area contributed by atoms with Crippen LogP contribution < -0.4 is 15.4 Å². The number of benzene rings is 1. The molecule has 0 aliphatic carbocycles. The first-order chi connectivity index (χ1) is 11.4. The van der Waals surface area contributed by atoms with E-state index in [2.05, 4.69) is 52.4 Å². The van der Waals surface area contributed by atoms with E-state index in [-0.39, 0.29) is 29.7 Å². The van der Waals surface area contributed by atoms with E-state index < -0.39 is 10.0 Å². The first kappa shape index (κ1) is 24.1. The standard InChI is InChI=1S/C17H30N4O2S.HI/c1-5-18-17(20-9-10-21-24(22,23)6-2)19-8-7-16-12-14(3)11-15(4)13-16;/h11-13,21H,5-10H2,1-4H3,(H2,18,19,20);1H. The Labute approximate surface area is 169 Å². The second-order valence-corrected chi connectivity index (χ2v) is 7.83. The summed E-state index contributed by atoms with van der Waals surface area (Å²) in [5.41, 5.74) is 3.84. The molecule has 1 aromatic carbocycles. The van der Waals surface area contributed by atoms with Gasteiger partial charge in [0.05, 0.1) is 12.3 Å². The third kappa shape index (κ3) is 10.7. The molecule has 0 radical (unpaired) electrons. The molecule has 0 aliphatic heterocycles. The van der Waals surface area contributed by atoms with Crippen molar-refractivity contribution in [2.24, 2.45) is 4.99 Å². The first-order valence-corrected chi connectivity index (χ1v) is 10.1. The molecular weight excluding hydrogens is 451 g/mol. The number of hydrogen-bond acceptors (Lipinski definition) is 3. The largest absolute Gasteiger partial charge is 0.357 e. The molecule has 25 heavy (non-hydrogen) atoms. The van der Waals surface area contributed by atoms with Crippen molar-refractivity contribution in [3.05, 3.63) is 34.9 Å². The Balaban J connectivity index is 0.00000576. The van der Waals surface area contributed by atoms with Crippen LogP contribution in [0.5, 0.6) is 0 Å². The summed E-state index contributed by atoms with van der Waals surface area (Å²) in [6.07, 6.45) is 0.912. The van der Waals surface area contributed by atoms with E-state index >= 15 is 0 Å². The van der Waals surface area contributed by atoms with Crippen molar-refractivity contribution in [1.29, 1.82) is 0 Å². The fourth-order valence-electron chi connectivity index (χ4n) is 2.35. The Morgan fingerprint density at radius 3 is 2.24 bits per heavy atom. The summed E-state index contributed by atoms with van der Waals surface area (Å²) in [7, 11) is -3.15. The molecule has 6 nitrogen and oxygen atoms in total. The van der Waals surface area contributed by atoms with Gasteiger partial charge in [-0.15, -0.1) is 24.0 Å². The maximum absolute atomic E-state index is 11.4. The van der Waals surface area contributed by atoms with Gasteiger partial charge in [-0.1, -0.05) is 29.3 Å². The van der Waals surface area contributed by atoms with Gasteiger partial charge in [-0.2, -0.15) is 0 Å². The SMILES string of the molecule is CCNC(=NCCNS(=O)(=O)CC)NCCc1cc(C)cc(C)c1.I. The predicted molar refractivity (Wildman–Crippen MR) is 116 cm³/mol. The molecule has 0 unspecified atom stereocenters. The van der Waals surface area contributed by atoms with Crippen LogP contribution in [0.4, 0.5) is 0 Å². The van der Waals surface area contributed by atoms with Crippen LogP contribution >= 0.6 is 24.0 Å². The zero-order valence-electron chi connectivity index (χ0n) is 15.6. The van der Waals surface area contributed by atoms with Gasteiger partial charge in [0.15, 0.2) is 5.96 Å². The third-order valence-corrected chi connectivity index (χ3v) is 4.82. The second kappa shape index (κ2) is 12.5. The summed E-state index contributed by atoms with van der Waals surface area (Å²) in [5, 5.41) is 6.45. The molecule has 8 heteroatoms. The highest BCUT2D eigenvalue weighted by Gasteiger charge is 2.04. The van der Waals surface area contributed by atoms with Crippen LogP contribution in [0.1, 0.15) is 30.5 Å². The van der Waals surface area contributed by atoms with Crippen molar-refractivity contribution in [2.75, 3.05) is 31.9 Å². The summed E-state index contributed by atoms with van der Waals surface area (Å²) < 4.78 is 25.2. The fourth-order valence-corrected chi connectivity index (χ4v) is 2.96. The molecule has 0 atom stereocenters. The average Bonchev–Trinajstić information content (AvgIpc) is 2.50. The van der Waals surface area contributed by atoms with Gasteiger partial charge in [0, 0.05) is 19.6 Å². The second-order valence-electron chi connectivity index (χ2n) is 5.73. The van der Waals surface area contributed by atoms with Crippen molar-refractivity contribution >= 4 is 40.0 Å². The van der Waals surface area contributed by atoms with Gasteiger partial charge in [0.2, 0.25) is 10.0 Å². The van der Waals surface area contributed by atoms with Crippen LogP contribution in [0.25, 0.3) is 0 Å².